The Hall–Kier alpha value is -1.73. The topological polar surface area (TPSA) is 51.3 Å². The summed E-state index contributed by atoms with van der Waals surface area (Å²) in [5.41, 5.74) is -1.42. The van der Waals surface area contributed by atoms with Crippen LogP contribution in [0, 0.1) is 0 Å². The predicted molar refractivity (Wildman–Crippen MR) is 45.1 cm³/mol. The molecule has 1 aromatic heterocycles. The summed E-state index contributed by atoms with van der Waals surface area (Å²) in [6.45, 7) is -1.15. The quantitative estimate of drug-likeness (QED) is 0.820. The second-order valence-corrected chi connectivity index (χ2v) is 2.69. The van der Waals surface area contributed by atoms with Gasteiger partial charge in [0.15, 0.2) is 0 Å². The minimum atomic E-state index is -4.94. The number of aromatic nitrogens is 1. The highest BCUT2D eigenvalue weighted by molar-refractivity contribution is 5.35. The van der Waals surface area contributed by atoms with E-state index in [1.54, 1.807) is 4.98 Å². The van der Waals surface area contributed by atoms with Crippen LogP contribution in [0.1, 0.15) is 5.56 Å². The van der Waals surface area contributed by atoms with Crippen LogP contribution in [0.2, 0.25) is 0 Å². The third-order valence-electron chi connectivity index (χ3n) is 1.65. The van der Waals surface area contributed by atoms with E-state index in [2.05, 4.69) is 9.47 Å². The molecule has 0 aliphatic rings. The van der Waals surface area contributed by atoms with Crippen molar-refractivity contribution in [3.8, 4) is 11.6 Å². The fourth-order valence-corrected chi connectivity index (χ4v) is 1.03. The van der Waals surface area contributed by atoms with Crippen LogP contribution >= 0.6 is 0 Å². The Balaban J connectivity index is 3.16. The first kappa shape index (κ1) is 12.3. The van der Waals surface area contributed by atoms with E-state index in [0.717, 1.165) is 13.2 Å². The molecule has 1 rings (SSSR count). The number of hydrogen-bond donors (Lipinski definition) is 1. The number of H-pyrrole nitrogens is 1. The van der Waals surface area contributed by atoms with E-state index in [4.69, 9.17) is 0 Å². The summed E-state index contributed by atoms with van der Waals surface area (Å²) in [7, 11) is 1.10. The maximum atomic E-state index is 12.3. The summed E-state index contributed by atoms with van der Waals surface area (Å²) in [6, 6.07) is 0.754. The summed E-state index contributed by atoms with van der Waals surface area (Å²) in [5.74, 6) is -1.16. The number of methoxy groups -OCH3 is 1. The number of pyridine rings is 1. The first-order valence-corrected chi connectivity index (χ1v) is 3.99. The zero-order valence-electron chi connectivity index (χ0n) is 8.02. The number of halogens is 4. The van der Waals surface area contributed by atoms with Crippen LogP contribution < -0.4 is 15.0 Å². The lowest BCUT2D eigenvalue weighted by Crippen LogP contribution is -2.21. The Labute approximate surface area is 86.8 Å². The fraction of sp³-hybridized carbons (Fsp3) is 0.375. The molecule has 0 atom stereocenters. The van der Waals surface area contributed by atoms with Crippen LogP contribution in [0.4, 0.5) is 17.6 Å². The number of rotatable bonds is 3. The Bertz CT molecular complexity index is 426. The highest BCUT2D eigenvalue weighted by Crippen LogP contribution is 2.24. The number of ether oxygens (including phenoxy) is 2. The van der Waals surface area contributed by atoms with E-state index in [-0.39, 0.29) is 5.75 Å². The average molecular weight is 241 g/mol. The molecule has 0 fully saturated rings. The zero-order valence-corrected chi connectivity index (χ0v) is 8.02. The van der Waals surface area contributed by atoms with Crippen molar-refractivity contribution in [3.05, 3.63) is 22.0 Å². The van der Waals surface area contributed by atoms with Crippen molar-refractivity contribution in [2.75, 3.05) is 7.11 Å². The molecule has 0 aromatic carbocycles. The summed E-state index contributed by atoms with van der Waals surface area (Å²) in [5, 5.41) is 0. The molecule has 8 heteroatoms. The van der Waals surface area contributed by atoms with Crippen molar-refractivity contribution in [2.45, 2.75) is 13.0 Å². The molecule has 90 valence electrons. The Morgan fingerprint density at radius 3 is 2.50 bits per heavy atom. The maximum Gasteiger partial charge on any atom is 0.574 e. The number of aromatic amines is 1. The van der Waals surface area contributed by atoms with Crippen LogP contribution in [-0.2, 0) is 6.67 Å². The van der Waals surface area contributed by atoms with Crippen LogP contribution in [0.15, 0.2) is 10.9 Å². The molecule has 0 saturated heterocycles. The SMILES string of the molecule is COc1cc(OC(F)(F)F)[nH]c(=O)c1CF. The molecule has 0 radical (unpaired) electrons. The van der Waals surface area contributed by atoms with E-state index < -0.39 is 30.0 Å². The van der Waals surface area contributed by atoms with Crippen LogP contribution in [0.5, 0.6) is 11.6 Å². The van der Waals surface area contributed by atoms with Gasteiger partial charge in [0.05, 0.1) is 12.7 Å². The normalized spacial score (nSPS) is 11.3. The lowest BCUT2D eigenvalue weighted by atomic mass is 10.3. The molecular weight excluding hydrogens is 234 g/mol. The van der Waals surface area contributed by atoms with Crippen LogP contribution in [0.3, 0.4) is 0 Å². The molecule has 4 nitrogen and oxygen atoms in total. The smallest absolute Gasteiger partial charge is 0.496 e. The molecule has 1 heterocycles. The monoisotopic (exact) mass is 241 g/mol. The third-order valence-corrected chi connectivity index (χ3v) is 1.65. The molecule has 0 amide bonds. The van der Waals surface area contributed by atoms with E-state index in [0.29, 0.717) is 0 Å². The van der Waals surface area contributed by atoms with Gasteiger partial charge in [-0.1, -0.05) is 0 Å². The average Bonchev–Trinajstić information content (AvgIpc) is 2.14. The first-order chi connectivity index (χ1) is 7.37. The molecule has 0 spiro atoms. The summed E-state index contributed by atoms with van der Waals surface area (Å²) < 4.78 is 55.9. The second kappa shape index (κ2) is 4.42. The molecule has 1 aromatic rings. The fourth-order valence-electron chi connectivity index (χ4n) is 1.03. The molecule has 0 saturated carbocycles. The minimum absolute atomic E-state index is 0.300. The van der Waals surface area contributed by atoms with E-state index in [1.165, 1.54) is 0 Å². The highest BCUT2D eigenvalue weighted by Gasteiger charge is 2.32. The van der Waals surface area contributed by atoms with Gasteiger partial charge in [-0.25, -0.2) is 4.39 Å². The van der Waals surface area contributed by atoms with Crippen molar-refractivity contribution < 1.29 is 27.0 Å². The van der Waals surface area contributed by atoms with Crippen molar-refractivity contribution in [3.63, 3.8) is 0 Å². The molecule has 0 bridgehead atoms. The van der Waals surface area contributed by atoms with Gasteiger partial charge < -0.3 is 9.47 Å². The van der Waals surface area contributed by atoms with Gasteiger partial charge in [0.1, 0.15) is 12.4 Å². The lowest BCUT2D eigenvalue weighted by Gasteiger charge is -2.10. The molecular formula is C8H7F4NO3. The standard InChI is InChI=1S/C8H7F4NO3/c1-15-5-2-6(16-8(10,11)12)13-7(14)4(5)3-9/h2H,3H2,1H3,(H,13,14). The van der Waals surface area contributed by atoms with Gasteiger partial charge in [-0.15, -0.1) is 13.2 Å². The van der Waals surface area contributed by atoms with Crippen molar-refractivity contribution in [2.24, 2.45) is 0 Å². The molecule has 0 unspecified atom stereocenters. The maximum absolute atomic E-state index is 12.3. The van der Waals surface area contributed by atoms with Crippen LogP contribution in [0.25, 0.3) is 0 Å². The first-order valence-electron chi connectivity index (χ1n) is 3.99. The molecule has 0 aliphatic carbocycles. The lowest BCUT2D eigenvalue weighted by molar-refractivity contribution is -0.276. The van der Waals surface area contributed by atoms with Crippen molar-refractivity contribution in [1.29, 1.82) is 0 Å². The zero-order chi connectivity index (χ0) is 12.3. The molecule has 16 heavy (non-hydrogen) atoms. The highest BCUT2D eigenvalue weighted by atomic mass is 19.4. The van der Waals surface area contributed by atoms with Gasteiger partial charge in [-0.05, 0) is 0 Å². The van der Waals surface area contributed by atoms with Gasteiger partial charge >= 0.3 is 6.36 Å². The molecule has 1 N–H and O–H groups in total. The molecule has 0 aliphatic heterocycles. The summed E-state index contributed by atoms with van der Waals surface area (Å²) >= 11 is 0. The van der Waals surface area contributed by atoms with Crippen molar-refractivity contribution >= 4 is 0 Å². The Morgan fingerprint density at radius 2 is 2.06 bits per heavy atom. The summed E-state index contributed by atoms with van der Waals surface area (Å²) in [4.78, 5) is 12.9. The number of nitrogens with one attached hydrogen (secondary N) is 1. The van der Waals surface area contributed by atoms with Crippen LogP contribution in [-0.4, -0.2) is 18.5 Å². The predicted octanol–water partition coefficient (Wildman–Crippen LogP) is 1.75. The van der Waals surface area contributed by atoms with Gasteiger partial charge in [0, 0.05) is 6.07 Å². The number of alkyl halides is 4. The summed E-state index contributed by atoms with van der Waals surface area (Å²) in [6.07, 6.45) is -4.94. The third kappa shape index (κ3) is 2.88. The van der Waals surface area contributed by atoms with Gasteiger partial charge in [-0.3, -0.25) is 9.78 Å². The Morgan fingerprint density at radius 1 is 1.44 bits per heavy atom. The van der Waals surface area contributed by atoms with Gasteiger partial charge in [0.25, 0.3) is 5.56 Å². The Kier molecular flexibility index (Phi) is 3.41. The second-order valence-electron chi connectivity index (χ2n) is 2.69. The van der Waals surface area contributed by atoms with Gasteiger partial charge in [0.2, 0.25) is 5.88 Å². The minimum Gasteiger partial charge on any atom is -0.496 e. The van der Waals surface area contributed by atoms with E-state index >= 15 is 0 Å². The largest absolute Gasteiger partial charge is 0.574 e. The van der Waals surface area contributed by atoms with Crippen molar-refractivity contribution in [1.82, 2.24) is 4.98 Å². The van der Waals surface area contributed by atoms with E-state index in [1.807, 2.05) is 0 Å². The number of hydrogen-bond acceptors (Lipinski definition) is 3. The van der Waals surface area contributed by atoms with E-state index in [9.17, 15) is 22.4 Å². The van der Waals surface area contributed by atoms with Gasteiger partial charge in [-0.2, -0.15) is 0 Å².